The van der Waals surface area contributed by atoms with Gasteiger partial charge in [0.15, 0.2) is 5.43 Å². The maximum Gasteiger partial charge on any atom is 0.374 e. The molecule has 0 saturated carbocycles. The largest absolute Gasteiger partial charge is 0.497 e. The summed E-state index contributed by atoms with van der Waals surface area (Å²) in [4.78, 5) is 23.2. The van der Waals surface area contributed by atoms with Crippen LogP contribution >= 0.6 is 0 Å². The highest BCUT2D eigenvalue weighted by molar-refractivity contribution is 5.86. The molecule has 0 unspecified atom stereocenters. The smallest absolute Gasteiger partial charge is 0.374 e. The molecule has 0 amide bonds. The van der Waals surface area contributed by atoms with Gasteiger partial charge >= 0.3 is 5.97 Å². The van der Waals surface area contributed by atoms with Gasteiger partial charge in [0, 0.05) is 17.7 Å². The zero-order valence-corrected chi connectivity index (χ0v) is 11.2. The van der Waals surface area contributed by atoms with Crippen molar-refractivity contribution in [1.82, 2.24) is 0 Å². The molecule has 0 aliphatic carbocycles. The van der Waals surface area contributed by atoms with Crippen molar-refractivity contribution in [2.75, 3.05) is 13.7 Å². The number of hydrogen-bond donors (Lipinski definition) is 0. The van der Waals surface area contributed by atoms with Gasteiger partial charge in [-0.2, -0.15) is 0 Å². The number of benzene rings is 1. The van der Waals surface area contributed by atoms with E-state index >= 15 is 0 Å². The van der Waals surface area contributed by atoms with E-state index < -0.39 is 5.97 Å². The Hall–Kier alpha value is -2.56. The van der Waals surface area contributed by atoms with Gasteiger partial charge in [0.05, 0.1) is 13.7 Å². The Bertz CT molecular complexity index is 655. The number of carbonyl (C=O) groups is 1. The fourth-order valence-electron chi connectivity index (χ4n) is 1.68. The van der Waals surface area contributed by atoms with Gasteiger partial charge in [0.25, 0.3) is 0 Å². The first kappa shape index (κ1) is 13.9. The summed E-state index contributed by atoms with van der Waals surface area (Å²) in [7, 11) is 1.57. The minimum atomic E-state index is -0.653. The van der Waals surface area contributed by atoms with E-state index in [1.54, 1.807) is 38.3 Å². The van der Waals surface area contributed by atoms with Gasteiger partial charge in [-0.25, -0.2) is 4.79 Å². The lowest BCUT2D eigenvalue weighted by molar-refractivity contribution is 0.0488. The Morgan fingerprint density at radius 1 is 1.20 bits per heavy atom. The lowest BCUT2D eigenvalue weighted by atomic mass is 10.1. The Morgan fingerprint density at radius 3 is 2.50 bits per heavy atom. The topological polar surface area (TPSA) is 65.7 Å². The monoisotopic (exact) mass is 274 g/mol. The predicted molar refractivity (Wildman–Crippen MR) is 72.9 cm³/mol. The Kier molecular flexibility index (Phi) is 4.20. The molecule has 0 bridgehead atoms. The third kappa shape index (κ3) is 3.06. The highest BCUT2D eigenvalue weighted by Crippen LogP contribution is 2.22. The molecule has 104 valence electrons. The van der Waals surface area contributed by atoms with Crippen molar-refractivity contribution in [3.05, 3.63) is 52.4 Å². The van der Waals surface area contributed by atoms with Gasteiger partial charge < -0.3 is 13.9 Å². The third-order valence-electron chi connectivity index (χ3n) is 2.62. The van der Waals surface area contributed by atoms with Crippen LogP contribution in [0.15, 0.2) is 45.6 Å². The number of methoxy groups -OCH3 is 1. The first-order valence-corrected chi connectivity index (χ1v) is 6.10. The molecule has 2 rings (SSSR count). The molecule has 0 aliphatic rings. The van der Waals surface area contributed by atoms with Crippen LogP contribution in [0.1, 0.15) is 17.5 Å². The lowest BCUT2D eigenvalue weighted by Gasteiger charge is -2.05. The Balaban J connectivity index is 2.40. The quantitative estimate of drug-likeness (QED) is 0.801. The Morgan fingerprint density at radius 2 is 1.90 bits per heavy atom. The van der Waals surface area contributed by atoms with E-state index in [-0.39, 0.29) is 17.8 Å². The zero-order chi connectivity index (χ0) is 14.5. The highest BCUT2D eigenvalue weighted by atomic mass is 16.5. The van der Waals surface area contributed by atoms with Gasteiger partial charge in [0.2, 0.25) is 5.76 Å². The van der Waals surface area contributed by atoms with E-state index in [1.807, 2.05) is 0 Å². The number of carbonyl (C=O) groups excluding carboxylic acids is 1. The molecule has 0 saturated heterocycles. The summed E-state index contributed by atoms with van der Waals surface area (Å²) in [5.74, 6) is 0.242. The van der Waals surface area contributed by atoms with Gasteiger partial charge in [-0.05, 0) is 31.2 Å². The van der Waals surface area contributed by atoms with E-state index in [2.05, 4.69) is 0 Å². The van der Waals surface area contributed by atoms with Crippen molar-refractivity contribution in [3.8, 4) is 17.1 Å². The maximum absolute atomic E-state index is 11.6. The van der Waals surface area contributed by atoms with Crippen LogP contribution in [0.4, 0.5) is 0 Å². The second-order valence-electron chi connectivity index (χ2n) is 3.97. The zero-order valence-electron chi connectivity index (χ0n) is 11.2. The summed E-state index contributed by atoms with van der Waals surface area (Å²) in [6.45, 7) is 1.90. The molecule has 1 heterocycles. The molecule has 0 fully saturated rings. The molecule has 1 aromatic carbocycles. The van der Waals surface area contributed by atoms with Crippen LogP contribution in [0.25, 0.3) is 11.3 Å². The summed E-state index contributed by atoms with van der Waals surface area (Å²) < 4.78 is 15.3. The van der Waals surface area contributed by atoms with Crippen molar-refractivity contribution < 1.29 is 18.7 Å². The van der Waals surface area contributed by atoms with Crippen molar-refractivity contribution >= 4 is 5.97 Å². The van der Waals surface area contributed by atoms with Crippen LogP contribution in [0.3, 0.4) is 0 Å². The van der Waals surface area contributed by atoms with Crippen molar-refractivity contribution in [3.63, 3.8) is 0 Å². The number of rotatable bonds is 4. The molecule has 2 aromatic rings. The fraction of sp³-hybridized carbons (Fsp3) is 0.200. The second-order valence-corrected chi connectivity index (χ2v) is 3.97. The number of esters is 1. The maximum atomic E-state index is 11.6. The van der Waals surface area contributed by atoms with E-state index in [4.69, 9.17) is 13.9 Å². The van der Waals surface area contributed by atoms with Gasteiger partial charge in [-0.15, -0.1) is 0 Å². The lowest BCUT2D eigenvalue weighted by Crippen LogP contribution is -2.09. The van der Waals surface area contributed by atoms with Crippen molar-refractivity contribution in [2.45, 2.75) is 6.92 Å². The molecule has 0 radical (unpaired) electrons. The fourth-order valence-corrected chi connectivity index (χ4v) is 1.68. The van der Waals surface area contributed by atoms with E-state index in [0.717, 1.165) is 6.07 Å². The van der Waals surface area contributed by atoms with Crippen molar-refractivity contribution in [2.24, 2.45) is 0 Å². The molecule has 5 nitrogen and oxygen atoms in total. The first-order chi connectivity index (χ1) is 9.63. The molecule has 0 N–H and O–H groups in total. The molecule has 0 aliphatic heterocycles. The molecular formula is C15H14O5. The van der Waals surface area contributed by atoms with Gasteiger partial charge in [-0.1, -0.05) is 0 Å². The number of hydrogen-bond acceptors (Lipinski definition) is 5. The SMILES string of the molecule is CCOC(=O)c1cc(=O)cc(-c2ccc(OC)cc2)o1. The highest BCUT2D eigenvalue weighted by Gasteiger charge is 2.13. The first-order valence-electron chi connectivity index (χ1n) is 6.10. The van der Waals surface area contributed by atoms with Crippen LogP contribution < -0.4 is 10.2 Å². The Labute approximate surface area is 115 Å². The summed E-state index contributed by atoms with van der Waals surface area (Å²) in [6.07, 6.45) is 0. The average molecular weight is 274 g/mol. The minimum Gasteiger partial charge on any atom is -0.497 e. The predicted octanol–water partition coefficient (Wildman–Crippen LogP) is 2.49. The van der Waals surface area contributed by atoms with Crippen molar-refractivity contribution in [1.29, 1.82) is 0 Å². The van der Waals surface area contributed by atoms with E-state index in [1.165, 1.54) is 6.07 Å². The normalized spacial score (nSPS) is 10.1. The van der Waals surface area contributed by atoms with Crippen LogP contribution in [-0.4, -0.2) is 19.7 Å². The van der Waals surface area contributed by atoms with Crippen LogP contribution in [0, 0.1) is 0 Å². The summed E-state index contributed by atoms with van der Waals surface area (Å²) in [5, 5.41) is 0. The molecule has 1 aromatic heterocycles. The molecule has 5 heteroatoms. The van der Waals surface area contributed by atoms with E-state index in [9.17, 15) is 9.59 Å². The second kappa shape index (κ2) is 6.06. The van der Waals surface area contributed by atoms with Crippen LogP contribution in [0.5, 0.6) is 5.75 Å². The number of ether oxygens (including phenoxy) is 2. The van der Waals surface area contributed by atoms with Crippen LogP contribution in [-0.2, 0) is 4.74 Å². The summed E-state index contributed by atoms with van der Waals surface area (Å²) >= 11 is 0. The summed E-state index contributed by atoms with van der Waals surface area (Å²) in [5.41, 5.74) is 0.360. The minimum absolute atomic E-state index is 0.106. The van der Waals surface area contributed by atoms with Crippen LogP contribution in [0.2, 0.25) is 0 Å². The van der Waals surface area contributed by atoms with Gasteiger partial charge in [0.1, 0.15) is 11.5 Å². The van der Waals surface area contributed by atoms with E-state index in [0.29, 0.717) is 17.1 Å². The molecule has 0 spiro atoms. The molecule has 20 heavy (non-hydrogen) atoms. The molecular weight excluding hydrogens is 260 g/mol. The average Bonchev–Trinajstić information content (AvgIpc) is 2.47. The third-order valence-corrected chi connectivity index (χ3v) is 2.62. The standard InChI is InChI=1S/C15H14O5/c1-3-19-15(17)14-9-11(16)8-13(20-14)10-4-6-12(18-2)7-5-10/h4-9H,3H2,1-2H3. The summed E-state index contributed by atoms with van der Waals surface area (Å²) in [6, 6.07) is 9.41. The molecule has 0 atom stereocenters. The van der Waals surface area contributed by atoms with Gasteiger partial charge in [-0.3, -0.25) is 4.79 Å².